The Morgan fingerprint density at radius 1 is 1.50 bits per heavy atom. The van der Waals surface area contributed by atoms with Gasteiger partial charge in [-0.1, -0.05) is 25.1 Å². The minimum atomic E-state index is 0.436. The van der Waals surface area contributed by atoms with Crippen LogP contribution in [0.15, 0.2) is 30.9 Å². The molecule has 0 spiro atoms. The molecule has 0 unspecified atom stereocenters. The number of allylic oxidation sites excluding steroid dienone is 1. The van der Waals surface area contributed by atoms with Gasteiger partial charge in [0, 0.05) is 11.5 Å². The highest BCUT2D eigenvalue weighted by molar-refractivity contribution is 5.51. The predicted octanol–water partition coefficient (Wildman–Crippen LogP) is 3.40. The fourth-order valence-electron chi connectivity index (χ4n) is 1.81. The van der Waals surface area contributed by atoms with E-state index in [-0.39, 0.29) is 0 Å². The van der Waals surface area contributed by atoms with Gasteiger partial charge in [0.15, 0.2) is 0 Å². The molecule has 0 saturated heterocycles. The van der Waals surface area contributed by atoms with Gasteiger partial charge in [0.25, 0.3) is 0 Å². The van der Waals surface area contributed by atoms with Crippen molar-refractivity contribution in [2.75, 3.05) is 0 Å². The smallest absolute Gasteiger partial charge is 0.119 e. The summed E-state index contributed by atoms with van der Waals surface area (Å²) in [6.07, 6.45) is 4.25. The molecular weight excluding hydrogens is 172 g/mol. The fourth-order valence-corrected chi connectivity index (χ4v) is 1.81. The van der Waals surface area contributed by atoms with Gasteiger partial charge in [0.2, 0.25) is 0 Å². The summed E-state index contributed by atoms with van der Waals surface area (Å²) in [4.78, 5) is 0. The van der Waals surface area contributed by atoms with Crippen LogP contribution in [-0.4, -0.2) is 5.11 Å². The number of aromatic hydroxyl groups is 1. The number of benzene rings is 1. The molecular formula is C13H15O. The highest BCUT2D eigenvalue weighted by atomic mass is 16.3. The van der Waals surface area contributed by atoms with E-state index in [2.05, 4.69) is 12.6 Å². The van der Waals surface area contributed by atoms with E-state index in [1.54, 1.807) is 6.07 Å². The van der Waals surface area contributed by atoms with Gasteiger partial charge in [0.1, 0.15) is 5.75 Å². The fraction of sp³-hybridized carbons (Fsp3) is 0.308. The van der Waals surface area contributed by atoms with Crippen molar-refractivity contribution in [3.8, 4) is 5.75 Å². The first-order chi connectivity index (χ1) is 6.74. The Morgan fingerprint density at radius 2 is 2.21 bits per heavy atom. The maximum Gasteiger partial charge on any atom is 0.119 e. The van der Waals surface area contributed by atoms with Crippen molar-refractivity contribution >= 4 is 0 Å². The third-order valence-corrected chi connectivity index (χ3v) is 2.80. The van der Waals surface area contributed by atoms with Crippen LogP contribution in [0.4, 0.5) is 0 Å². The summed E-state index contributed by atoms with van der Waals surface area (Å²) in [5.74, 6) is 2.15. The number of hydrogen-bond acceptors (Lipinski definition) is 1. The van der Waals surface area contributed by atoms with Gasteiger partial charge in [-0.3, -0.25) is 0 Å². The molecule has 1 aliphatic rings. The van der Waals surface area contributed by atoms with Crippen LogP contribution >= 0.6 is 0 Å². The molecule has 1 nitrogen and oxygen atoms in total. The molecule has 1 aromatic carbocycles. The van der Waals surface area contributed by atoms with Gasteiger partial charge >= 0.3 is 0 Å². The molecule has 1 aliphatic carbocycles. The second-order valence-electron chi connectivity index (χ2n) is 3.90. The molecule has 2 rings (SSSR count). The average molecular weight is 187 g/mol. The molecule has 0 heterocycles. The average Bonchev–Trinajstić information content (AvgIpc) is 3.00. The Labute approximate surface area is 85.1 Å². The van der Waals surface area contributed by atoms with Gasteiger partial charge in [-0.25, -0.2) is 0 Å². The van der Waals surface area contributed by atoms with E-state index in [1.165, 1.54) is 12.8 Å². The summed E-state index contributed by atoms with van der Waals surface area (Å²) >= 11 is 0. The molecule has 73 valence electrons. The first-order valence-corrected chi connectivity index (χ1v) is 5.02. The SMILES string of the molecule is C=C[C](C)c1cccc(O)c1C1CC1. The lowest BCUT2D eigenvalue weighted by Gasteiger charge is -2.13. The summed E-state index contributed by atoms with van der Waals surface area (Å²) in [7, 11) is 0. The second kappa shape index (κ2) is 3.49. The Kier molecular flexibility index (Phi) is 2.32. The van der Waals surface area contributed by atoms with Crippen molar-refractivity contribution in [1.82, 2.24) is 0 Å². The molecule has 1 aromatic rings. The van der Waals surface area contributed by atoms with Gasteiger partial charge in [-0.05, 0) is 30.4 Å². The van der Waals surface area contributed by atoms with Crippen LogP contribution in [0.25, 0.3) is 0 Å². The topological polar surface area (TPSA) is 20.2 Å². The van der Waals surface area contributed by atoms with Crippen molar-refractivity contribution in [3.63, 3.8) is 0 Å². The molecule has 1 N–H and O–H groups in total. The van der Waals surface area contributed by atoms with Gasteiger partial charge in [-0.15, -0.1) is 6.58 Å². The third kappa shape index (κ3) is 1.54. The third-order valence-electron chi connectivity index (χ3n) is 2.80. The molecule has 14 heavy (non-hydrogen) atoms. The molecule has 0 aromatic heterocycles. The minimum Gasteiger partial charge on any atom is -0.508 e. The lowest BCUT2D eigenvalue weighted by Crippen LogP contribution is -1.96. The normalized spacial score (nSPS) is 15.9. The van der Waals surface area contributed by atoms with Crippen molar-refractivity contribution in [2.45, 2.75) is 25.7 Å². The van der Waals surface area contributed by atoms with Crippen molar-refractivity contribution < 1.29 is 5.11 Å². The van der Waals surface area contributed by atoms with E-state index >= 15 is 0 Å². The lowest BCUT2D eigenvalue weighted by molar-refractivity contribution is 0.467. The molecule has 0 atom stereocenters. The standard InChI is InChI=1S/C13H15O/c1-3-9(2)11-5-4-6-12(14)13(11)10-7-8-10/h3-6,10,14H,1,7-8H2,2H3. The quantitative estimate of drug-likeness (QED) is 0.769. The Hall–Kier alpha value is -1.24. The van der Waals surface area contributed by atoms with Crippen molar-refractivity contribution in [1.29, 1.82) is 0 Å². The molecule has 1 heteroatoms. The summed E-state index contributed by atoms with van der Waals surface area (Å²) in [5.41, 5.74) is 2.27. The Bertz CT molecular complexity index is 350. The molecule has 1 saturated carbocycles. The summed E-state index contributed by atoms with van der Waals surface area (Å²) in [6, 6.07) is 5.72. The highest BCUT2D eigenvalue weighted by Gasteiger charge is 2.29. The van der Waals surface area contributed by atoms with Crippen LogP contribution in [-0.2, 0) is 0 Å². The van der Waals surface area contributed by atoms with Gasteiger partial charge < -0.3 is 5.11 Å². The Balaban J connectivity index is 2.46. The van der Waals surface area contributed by atoms with Gasteiger partial charge in [0.05, 0.1) is 0 Å². The summed E-state index contributed by atoms with van der Waals surface area (Å²) in [5, 5.41) is 9.80. The summed E-state index contributed by atoms with van der Waals surface area (Å²) in [6.45, 7) is 5.80. The van der Waals surface area contributed by atoms with E-state index in [0.717, 1.165) is 17.0 Å². The second-order valence-corrected chi connectivity index (χ2v) is 3.90. The number of phenolic OH excluding ortho intramolecular Hbond substituents is 1. The minimum absolute atomic E-state index is 0.436. The van der Waals surface area contributed by atoms with Crippen LogP contribution in [0.5, 0.6) is 5.75 Å². The molecule has 1 fully saturated rings. The zero-order valence-corrected chi connectivity index (χ0v) is 8.46. The first kappa shape index (κ1) is 9.32. The van der Waals surface area contributed by atoms with Crippen LogP contribution in [0.2, 0.25) is 0 Å². The van der Waals surface area contributed by atoms with Crippen LogP contribution < -0.4 is 0 Å². The largest absolute Gasteiger partial charge is 0.508 e. The monoisotopic (exact) mass is 187 g/mol. The number of rotatable bonds is 3. The number of hydrogen-bond donors (Lipinski definition) is 1. The van der Waals surface area contributed by atoms with E-state index in [9.17, 15) is 5.11 Å². The van der Waals surface area contributed by atoms with E-state index < -0.39 is 0 Å². The van der Waals surface area contributed by atoms with Crippen molar-refractivity contribution in [3.05, 3.63) is 47.9 Å². The molecule has 1 radical (unpaired) electrons. The maximum absolute atomic E-state index is 9.80. The molecule has 0 amide bonds. The first-order valence-electron chi connectivity index (χ1n) is 5.02. The van der Waals surface area contributed by atoms with Crippen LogP contribution in [0, 0.1) is 5.92 Å². The highest BCUT2D eigenvalue weighted by Crippen LogP contribution is 2.47. The van der Waals surface area contributed by atoms with E-state index in [4.69, 9.17) is 0 Å². The lowest BCUT2D eigenvalue weighted by atomic mass is 9.92. The zero-order chi connectivity index (χ0) is 10.1. The molecule has 0 bridgehead atoms. The van der Waals surface area contributed by atoms with E-state index in [1.807, 2.05) is 19.1 Å². The summed E-state index contributed by atoms with van der Waals surface area (Å²) < 4.78 is 0. The van der Waals surface area contributed by atoms with Crippen molar-refractivity contribution in [2.24, 2.45) is 0 Å². The predicted molar refractivity (Wildman–Crippen MR) is 58.3 cm³/mol. The van der Waals surface area contributed by atoms with Crippen LogP contribution in [0.1, 0.15) is 36.8 Å². The van der Waals surface area contributed by atoms with Crippen LogP contribution in [0.3, 0.4) is 0 Å². The zero-order valence-electron chi connectivity index (χ0n) is 8.46. The van der Waals surface area contributed by atoms with Gasteiger partial charge in [-0.2, -0.15) is 0 Å². The molecule has 0 aliphatic heterocycles. The maximum atomic E-state index is 9.80. The Morgan fingerprint density at radius 3 is 2.79 bits per heavy atom. The number of phenols is 1. The van der Waals surface area contributed by atoms with E-state index in [0.29, 0.717) is 11.7 Å².